The van der Waals surface area contributed by atoms with Crippen molar-refractivity contribution < 1.29 is 0 Å². The summed E-state index contributed by atoms with van der Waals surface area (Å²) < 4.78 is 0. The van der Waals surface area contributed by atoms with Crippen LogP contribution < -0.4 is 5.73 Å². The SMILES string of the molecule is Cc1cc(C)c([C@@H](N)CC2CC2)c(C)c1. The van der Waals surface area contributed by atoms with E-state index in [-0.39, 0.29) is 6.04 Å². The molecule has 0 amide bonds. The zero-order chi connectivity index (χ0) is 11.0. The lowest BCUT2D eigenvalue weighted by Crippen LogP contribution is -2.14. The summed E-state index contributed by atoms with van der Waals surface area (Å²) in [4.78, 5) is 0. The lowest BCUT2D eigenvalue weighted by molar-refractivity contribution is 0.591. The second-order valence-corrected chi connectivity index (χ2v) is 5.10. The maximum Gasteiger partial charge on any atom is 0.0302 e. The van der Waals surface area contributed by atoms with Crippen molar-refractivity contribution in [3.63, 3.8) is 0 Å². The fourth-order valence-electron chi connectivity index (χ4n) is 2.61. The molecule has 0 radical (unpaired) electrons. The third-order valence-corrected chi connectivity index (χ3v) is 3.39. The van der Waals surface area contributed by atoms with E-state index in [1.165, 1.54) is 41.5 Å². The molecular formula is C14H21N. The molecule has 0 heterocycles. The van der Waals surface area contributed by atoms with Crippen LogP contribution in [0.3, 0.4) is 0 Å². The summed E-state index contributed by atoms with van der Waals surface area (Å²) in [7, 11) is 0. The molecule has 0 bridgehead atoms. The van der Waals surface area contributed by atoms with Crippen molar-refractivity contribution in [3.8, 4) is 0 Å². The molecule has 1 saturated carbocycles. The Morgan fingerprint density at radius 2 is 1.73 bits per heavy atom. The predicted octanol–water partition coefficient (Wildman–Crippen LogP) is 3.41. The predicted molar refractivity (Wildman–Crippen MR) is 64.9 cm³/mol. The maximum absolute atomic E-state index is 6.29. The van der Waals surface area contributed by atoms with E-state index in [9.17, 15) is 0 Å². The highest BCUT2D eigenvalue weighted by molar-refractivity contribution is 5.39. The topological polar surface area (TPSA) is 26.0 Å². The van der Waals surface area contributed by atoms with Gasteiger partial charge in [-0.3, -0.25) is 0 Å². The molecule has 0 unspecified atom stereocenters. The Morgan fingerprint density at radius 1 is 1.20 bits per heavy atom. The van der Waals surface area contributed by atoms with Crippen LogP contribution in [0.15, 0.2) is 12.1 Å². The van der Waals surface area contributed by atoms with Crippen molar-refractivity contribution in [3.05, 3.63) is 34.4 Å². The van der Waals surface area contributed by atoms with Gasteiger partial charge in [-0.15, -0.1) is 0 Å². The average molecular weight is 203 g/mol. The van der Waals surface area contributed by atoms with Gasteiger partial charge in [0.2, 0.25) is 0 Å². The highest BCUT2D eigenvalue weighted by atomic mass is 14.6. The molecular weight excluding hydrogens is 182 g/mol. The Balaban J connectivity index is 2.24. The van der Waals surface area contributed by atoms with Crippen LogP contribution in [0.2, 0.25) is 0 Å². The molecule has 1 fully saturated rings. The van der Waals surface area contributed by atoms with Crippen molar-refractivity contribution in [1.82, 2.24) is 0 Å². The van der Waals surface area contributed by atoms with Crippen molar-refractivity contribution in [2.24, 2.45) is 11.7 Å². The third-order valence-electron chi connectivity index (χ3n) is 3.39. The minimum atomic E-state index is 0.248. The summed E-state index contributed by atoms with van der Waals surface area (Å²) in [6.07, 6.45) is 3.94. The average Bonchev–Trinajstić information content (AvgIpc) is 2.85. The van der Waals surface area contributed by atoms with E-state index in [1.54, 1.807) is 0 Å². The number of nitrogens with two attached hydrogens (primary N) is 1. The Labute approximate surface area is 92.7 Å². The van der Waals surface area contributed by atoms with Gasteiger partial charge in [0.1, 0.15) is 0 Å². The summed E-state index contributed by atoms with van der Waals surface area (Å²) in [6.45, 7) is 6.51. The molecule has 2 N–H and O–H groups in total. The van der Waals surface area contributed by atoms with E-state index >= 15 is 0 Å². The van der Waals surface area contributed by atoms with Crippen LogP contribution in [0.25, 0.3) is 0 Å². The fourth-order valence-corrected chi connectivity index (χ4v) is 2.61. The van der Waals surface area contributed by atoms with E-state index in [1.807, 2.05) is 0 Å². The quantitative estimate of drug-likeness (QED) is 0.800. The minimum absolute atomic E-state index is 0.248. The van der Waals surface area contributed by atoms with Gasteiger partial charge in [0.25, 0.3) is 0 Å². The number of hydrogen-bond acceptors (Lipinski definition) is 1. The fraction of sp³-hybridized carbons (Fsp3) is 0.571. The second kappa shape index (κ2) is 3.97. The molecule has 1 heteroatoms. The summed E-state index contributed by atoms with van der Waals surface area (Å²) in [6, 6.07) is 4.74. The minimum Gasteiger partial charge on any atom is -0.324 e. The van der Waals surface area contributed by atoms with Gasteiger partial charge < -0.3 is 5.73 Å². The van der Waals surface area contributed by atoms with E-state index in [0.717, 1.165) is 5.92 Å². The normalized spacial score (nSPS) is 17.9. The number of aryl methyl sites for hydroxylation is 3. The Kier molecular flexibility index (Phi) is 2.83. The molecule has 1 aliphatic carbocycles. The molecule has 0 aromatic heterocycles. The number of hydrogen-bond donors (Lipinski definition) is 1. The van der Waals surface area contributed by atoms with Gasteiger partial charge in [0.15, 0.2) is 0 Å². The molecule has 0 saturated heterocycles. The standard InChI is InChI=1S/C14H21N/c1-9-6-10(2)14(11(3)7-9)13(15)8-12-4-5-12/h6-7,12-13H,4-5,8,15H2,1-3H3/t13-/m0/s1. The van der Waals surface area contributed by atoms with Gasteiger partial charge in [0.05, 0.1) is 0 Å². The summed E-state index contributed by atoms with van der Waals surface area (Å²) in [5.41, 5.74) is 11.7. The monoisotopic (exact) mass is 203 g/mol. The van der Waals surface area contributed by atoms with Gasteiger partial charge in [-0.2, -0.15) is 0 Å². The Bertz CT molecular complexity index is 341. The van der Waals surface area contributed by atoms with Crippen molar-refractivity contribution >= 4 is 0 Å². The summed E-state index contributed by atoms with van der Waals surface area (Å²) >= 11 is 0. The Hall–Kier alpha value is -0.820. The largest absolute Gasteiger partial charge is 0.324 e. The second-order valence-electron chi connectivity index (χ2n) is 5.10. The number of rotatable bonds is 3. The lowest BCUT2D eigenvalue weighted by Gasteiger charge is -2.18. The molecule has 1 nitrogen and oxygen atoms in total. The molecule has 0 spiro atoms. The summed E-state index contributed by atoms with van der Waals surface area (Å²) in [5.74, 6) is 0.903. The van der Waals surface area contributed by atoms with Gasteiger partial charge in [0, 0.05) is 6.04 Å². The van der Waals surface area contributed by atoms with Crippen LogP contribution in [-0.4, -0.2) is 0 Å². The van der Waals surface area contributed by atoms with E-state index < -0.39 is 0 Å². The lowest BCUT2D eigenvalue weighted by atomic mass is 9.92. The van der Waals surface area contributed by atoms with Crippen LogP contribution >= 0.6 is 0 Å². The van der Waals surface area contributed by atoms with Gasteiger partial charge in [-0.05, 0) is 49.8 Å². The van der Waals surface area contributed by atoms with E-state index in [4.69, 9.17) is 5.73 Å². The maximum atomic E-state index is 6.29. The highest BCUT2D eigenvalue weighted by Crippen LogP contribution is 2.38. The van der Waals surface area contributed by atoms with Crippen LogP contribution in [-0.2, 0) is 0 Å². The van der Waals surface area contributed by atoms with Gasteiger partial charge in [-0.1, -0.05) is 30.5 Å². The first-order chi connectivity index (χ1) is 7.08. The molecule has 2 rings (SSSR count). The van der Waals surface area contributed by atoms with Gasteiger partial charge in [-0.25, -0.2) is 0 Å². The van der Waals surface area contributed by atoms with Crippen LogP contribution in [0.1, 0.15) is 47.6 Å². The van der Waals surface area contributed by atoms with E-state index in [2.05, 4.69) is 32.9 Å². The van der Waals surface area contributed by atoms with Crippen molar-refractivity contribution in [2.75, 3.05) is 0 Å². The summed E-state index contributed by atoms with van der Waals surface area (Å²) in [5, 5.41) is 0. The smallest absolute Gasteiger partial charge is 0.0302 e. The first kappa shape index (κ1) is 10.7. The zero-order valence-corrected chi connectivity index (χ0v) is 10.0. The molecule has 82 valence electrons. The highest BCUT2D eigenvalue weighted by Gasteiger charge is 2.25. The molecule has 1 aromatic rings. The molecule has 15 heavy (non-hydrogen) atoms. The zero-order valence-electron chi connectivity index (χ0n) is 10.0. The third kappa shape index (κ3) is 2.40. The van der Waals surface area contributed by atoms with Crippen LogP contribution in [0.5, 0.6) is 0 Å². The molecule has 1 aromatic carbocycles. The molecule has 0 aliphatic heterocycles. The van der Waals surface area contributed by atoms with Crippen molar-refractivity contribution in [1.29, 1.82) is 0 Å². The number of benzene rings is 1. The first-order valence-corrected chi connectivity index (χ1v) is 5.91. The Morgan fingerprint density at radius 3 is 2.20 bits per heavy atom. The van der Waals surface area contributed by atoms with Crippen molar-refractivity contribution in [2.45, 2.75) is 46.1 Å². The van der Waals surface area contributed by atoms with E-state index in [0.29, 0.717) is 0 Å². The van der Waals surface area contributed by atoms with Crippen LogP contribution in [0.4, 0.5) is 0 Å². The van der Waals surface area contributed by atoms with Crippen LogP contribution in [0, 0.1) is 26.7 Å². The first-order valence-electron chi connectivity index (χ1n) is 5.91. The molecule has 1 aliphatic rings. The molecule has 1 atom stereocenters. The van der Waals surface area contributed by atoms with Gasteiger partial charge >= 0.3 is 0 Å².